The van der Waals surface area contributed by atoms with Crippen molar-refractivity contribution in [3.63, 3.8) is 0 Å². The molecule has 22 heavy (non-hydrogen) atoms. The topological polar surface area (TPSA) is 39.3 Å². The van der Waals surface area contributed by atoms with Crippen LogP contribution in [0.25, 0.3) is 27.8 Å². The van der Waals surface area contributed by atoms with E-state index < -0.39 is 0 Å². The van der Waals surface area contributed by atoms with Crippen LogP contribution < -0.4 is 5.56 Å². The SMILES string of the molecule is Cc1ccc2c(=O)n(C)c3cc(-c4ccccc4)nn3c2c1. The normalized spacial score (nSPS) is 11.4. The molecule has 2 heterocycles. The van der Waals surface area contributed by atoms with Gasteiger partial charge in [-0.3, -0.25) is 9.36 Å². The molecule has 0 amide bonds. The van der Waals surface area contributed by atoms with Gasteiger partial charge in [0.2, 0.25) is 0 Å². The zero-order chi connectivity index (χ0) is 15.3. The fourth-order valence-corrected chi connectivity index (χ4v) is 2.82. The van der Waals surface area contributed by atoms with Crippen LogP contribution in [0.1, 0.15) is 5.56 Å². The maximum Gasteiger partial charge on any atom is 0.261 e. The number of hydrogen-bond acceptors (Lipinski definition) is 2. The molecule has 0 N–H and O–H groups in total. The van der Waals surface area contributed by atoms with Gasteiger partial charge in [0.25, 0.3) is 5.56 Å². The van der Waals surface area contributed by atoms with Crippen LogP contribution in [0.2, 0.25) is 0 Å². The molecule has 4 aromatic rings. The third kappa shape index (κ3) is 1.77. The van der Waals surface area contributed by atoms with E-state index in [1.807, 2.05) is 66.0 Å². The van der Waals surface area contributed by atoms with Crippen molar-refractivity contribution in [2.45, 2.75) is 6.92 Å². The van der Waals surface area contributed by atoms with Gasteiger partial charge in [0, 0.05) is 18.7 Å². The van der Waals surface area contributed by atoms with Gasteiger partial charge in [-0.1, -0.05) is 36.4 Å². The lowest BCUT2D eigenvalue weighted by Gasteiger charge is -2.06. The van der Waals surface area contributed by atoms with Crippen LogP contribution in [-0.4, -0.2) is 14.2 Å². The molecule has 0 fully saturated rings. The van der Waals surface area contributed by atoms with Crippen molar-refractivity contribution in [2.75, 3.05) is 0 Å². The first-order valence-corrected chi connectivity index (χ1v) is 7.20. The fourth-order valence-electron chi connectivity index (χ4n) is 2.82. The minimum Gasteiger partial charge on any atom is -0.296 e. The Morgan fingerprint density at radius 3 is 2.55 bits per heavy atom. The number of benzene rings is 2. The van der Waals surface area contributed by atoms with E-state index in [9.17, 15) is 4.79 Å². The molecule has 108 valence electrons. The molecule has 0 bridgehead atoms. The standard InChI is InChI=1S/C18H15N3O/c1-12-8-9-14-16(10-12)21-17(20(2)18(14)22)11-15(19-21)13-6-4-3-5-7-13/h3-11H,1-2H3. The van der Waals surface area contributed by atoms with E-state index >= 15 is 0 Å². The lowest BCUT2D eigenvalue weighted by Crippen LogP contribution is -2.19. The second-order valence-electron chi connectivity index (χ2n) is 5.55. The van der Waals surface area contributed by atoms with Crippen LogP contribution in [0.15, 0.2) is 59.4 Å². The number of aryl methyl sites for hydroxylation is 2. The van der Waals surface area contributed by atoms with E-state index in [1.165, 1.54) is 0 Å². The summed E-state index contributed by atoms with van der Waals surface area (Å²) >= 11 is 0. The van der Waals surface area contributed by atoms with Crippen molar-refractivity contribution in [2.24, 2.45) is 7.05 Å². The van der Waals surface area contributed by atoms with Crippen molar-refractivity contribution in [3.05, 3.63) is 70.5 Å². The Balaban J connectivity index is 2.15. The summed E-state index contributed by atoms with van der Waals surface area (Å²) in [6.45, 7) is 2.02. The highest BCUT2D eigenvalue weighted by Gasteiger charge is 2.12. The number of hydrogen-bond donors (Lipinski definition) is 0. The van der Waals surface area contributed by atoms with Crippen LogP contribution in [0, 0.1) is 6.92 Å². The second-order valence-corrected chi connectivity index (χ2v) is 5.55. The molecule has 4 nitrogen and oxygen atoms in total. The molecule has 0 aliphatic rings. The summed E-state index contributed by atoms with van der Waals surface area (Å²) in [5, 5.41) is 5.39. The van der Waals surface area contributed by atoms with Crippen LogP contribution in [0.5, 0.6) is 0 Å². The molecule has 4 rings (SSSR count). The monoisotopic (exact) mass is 289 g/mol. The van der Waals surface area contributed by atoms with Gasteiger partial charge in [-0.05, 0) is 24.6 Å². The van der Waals surface area contributed by atoms with Gasteiger partial charge < -0.3 is 0 Å². The molecular formula is C18H15N3O. The van der Waals surface area contributed by atoms with Crippen molar-refractivity contribution < 1.29 is 0 Å². The Morgan fingerprint density at radius 2 is 1.77 bits per heavy atom. The summed E-state index contributed by atoms with van der Waals surface area (Å²) in [4.78, 5) is 12.5. The number of fused-ring (bicyclic) bond motifs is 3. The van der Waals surface area contributed by atoms with E-state index in [2.05, 4.69) is 0 Å². The van der Waals surface area contributed by atoms with E-state index in [-0.39, 0.29) is 5.56 Å². The molecule has 2 aromatic heterocycles. The quantitative estimate of drug-likeness (QED) is 0.540. The van der Waals surface area contributed by atoms with Gasteiger partial charge in [-0.15, -0.1) is 0 Å². The number of rotatable bonds is 1. The highest BCUT2D eigenvalue weighted by molar-refractivity contribution is 5.82. The highest BCUT2D eigenvalue weighted by atomic mass is 16.1. The lowest BCUT2D eigenvalue weighted by molar-refractivity contribution is 0.850. The fraction of sp³-hybridized carbons (Fsp3) is 0.111. The third-order valence-corrected chi connectivity index (χ3v) is 4.02. The first-order valence-electron chi connectivity index (χ1n) is 7.20. The molecule has 0 unspecified atom stereocenters. The number of nitrogens with zero attached hydrogens (tertiary/aromatic N) is 3. The Hall–Kier alpha value is -2.88. The molecule has 0 radical (unpaired) electrons. The van der Waals surface area contributed by atoms with Crippen molar-refractivity contribution in [1.82, 2.24) is 14.2 Å². The zero-order valence-corrected chi connectivity index (χ0v) is 12.4. The van der Waals surface area contributed by atoms with Gasteiger partial charge >= 0.3 is 0 Å². The molecule has 0 aliphatic carbocycles. The first-order chi connectivity index (χ1) is 10.6. The predicted octanol–water partition coefficient (Wildman–Crippen LogP) is 3.16. The van der Waals surface area contributed by atoms with Crippen LogP contribution in [-0.2, 0) is 7.05 Å². The minimum absolute atomic E-state index is 0.00186. The molecule has 0 spiro atoms. The van der Waals surface area contributed by atoms with E-state index in [0.717, 1.165) is 28.0 Å². The average Bonchev–Trinajstić information content (AvgIpc) is 2.99. The van der Waals surface area contributed by atoms with Crippen LogP contribution >= 0.6 is 0 Å². The van der Waals surface area contributed by atoms with Gasteiger partial charge in [-0.2, -0.15) is 5.10 Å². The molecular weight excluding hydrogens is 274 g/mol. The van der Waals surface area contributed by atoms with Crippen LogP contribution in [0.4, 0.5) is 0 Å². The Bertz CT molecular complexity index is 1060. The Kier molecular flexibility index (Phi) is 2.66. The van der Waals surface area contributed by atoms with Gasteiger partial charge in [0.05, 0.1) is 16.6 Å². The summed E-state index contributed by atoms with van der Waals surface area (Å²) < 4.78 is 3.50. The Morgan fingerprint density at radius 1 is 1.00 bits per heavy atom. The smallest absolute Gasteiger partial charge is 0.261 e. The van der Waals surface area contributed by atoms with Gasteiger partial charge in [0.1, 0.15) is 5.65 Å². The van der Waals surface area contributed by atoms with E-state index in [4.69, 9.17) is 5.10 Å². The zero-order valence-electron chi connectivity index (χ0n) is 12.4. The van der Waals surface area contributed by atoms with Gasteiger partial charge in [0.15, 0.2) is 0 Å². The van der Waals surface area contributed by atoms with E-state index in [0.29, 0.717) is 5.39 Å². The first kappa shape index (κ1) is 12.8. The summed E-state index contributed by atoms with van der Waals surface area (Å²) in [5.41, 5.74) is 4.66. The largest absolute Gasteiger partial charge is 0.296 e. The van der Waals surface area contributed by atoms with Crippen LogP contribution in [0.3, 0.4) is 0 Å². The molecule has 2 aromatic carbocycles. The molecule has 0 saturated carbocycles. The van der Waals surface area contributed by atoms with Crippen molar-refractivity contribution in [1.29, 1.82) is 0 Å². The molecule has 0 saturated heterocycles. The maximum atomic E-state index is 12.5. The lowest BCUT2D eigenvalue weighted by atomic mass is 10.1. The summed E-state index contributed by atoms with van der Waals surface area (Å²) in [5.74, 6) is 0. The molecule has 0 aliphatic heterocycles. The highest BCUT2D eigenvalue weighted by Crippen LogP contribution is 2.21. The Labute approximate surface area is 127 Å². The average molecular weight is 289 g/mol. The number of aromatic nitrogens is 3. The second kappa shape index (κ2) is 4.56. The maximum absolute atomic E-state index is 12.5. The van der Waals surface area contributed by atoms with Crippen molar-refractivity contribution >= 4 is 16.6 Å². The molecule has 0 atom stereocenters. The molecule has 4 heteroatoms. The summed E-state index contributed by atoms with van der Waals surface area (Å²) in [7, 11) is 1.79. The predicted molar refractivity (Wildman–Crippen MR) is 88.1 cm³/mol. The summed E-state index contributed by atoms with van der Waals surface area (Å²) in [6, 6.07) is 17.8. The van der Waals surface area contributed by atoms with E-state index in [1.54, 1.807) is 11.6 Å². The van der Waals surface area contributed by atoms with Crippen molar-refractivity contribution in [3.8, 4) is 11.3 Å². The summed E-state index contributed by atoms with van der Waals surface area (Å²) in [6.07, 6.45) is 0. The third-order valence-electron chi connectivity index (χ3n) is 4.02. The van der Waals surface area contributed by atoms with Gasteiger partial charge in [-0.25, -0.2) is 4.52 Å². The minimum atomic E-state index is 0.00186.